The molecule has 1 aliphatic rings. The van der Waals surface area contributed by atoms with Gasteiger partial charge in [0.1, 0.15) is 0 Å². The number of hydrogen-bond acceptors (Lipinski definition) is 3. The smallest absolute Gasteiger partial charge is 0.409 e. The Morgan fingerprint density at radius 1 is 1.10 bits per heavy atom. The summed E-state index contributed by atoms with van der Waals surface area (Å²) in [6.45, 7) is 3.39. The van der Waals surface area contributed by atoms with Gasteiger partial charge in [0, 0.05) is 31.7 Å². The van der Waals surface area contributed by atoms with Crippen LogP contribution in [-0.2, 0) is 4.74 Å². The molecule has 0 unspecified atom stereocenters. The number of carbonyl (C=O) groups excluding carboxylic acids is 2. The fraction of sp³-hybridized carbons (Fsp3) is 0.429. The maximum Gasteiger partial charge on any atom is 0.409 e. The lowest BCUT2D eigenvalue weighted by molar-refractivity contribution is 0.0570. The molecule has 0 bridgehead atoms. The lowest BCUT2D eigenvalue weighted by Crippen LogP contribution is -2.50. The molecule has 1 aromatic carbocycles. The molecule has 0 N–H and O–H groups in total. The molecule has 1 aromatic rings. The zero-order valence-corrected chi connectivity index (χ0v) is 11.6. The van der Waals surface area contributed by atoms with E-state index in [1.165, 1.54) is 15.9 Å². The molecular formula is C14H16F2N2O3. The van der Waals surface area contributed by atoms with Crippen LogP contribution in [0, 0.1) is 11.6 Å². The third-order valence-corrected chi connectivity index (χ3v) is 3.26. The van der Waals surface area contributed by atoms with E-state index in [1.807, 2.05) is 0 Å². The first-order valence-electron chi connectivity index (χ1n) is 6.69. The molecule has 21 heavy (non-hydrogen) atoms. The van der Waals surface area contributed by atoms with Crippen molar-refractivity contribution in [1.82, 2.24) is 9.80 Å². The van der Waals surface area contributed by atoms with Crippen LogP contribution in [0.1, 0.15) is 17.3 Å². The van der Waals surface area contributed by atoms with Gasteiger partial charge in [-0.1, -0.05) is 0 Å². The van der Waals surface area contributed by atoms with Gasteiger partial charge in [-0.05, 0) is 25.1 Å². The molecule has 0 aromatic heterocycles. The summed E-state index contributed by atoms with van der Waals surface area (Å²) in [6.07, 6.45) is -0.405. The number of amides is 2. The van der Waals surface area contributed by atoms with E-state index in [4.69, 9.17) is 4.74 Å². The fourth-order valence-corrected chi connectivity index (χ4v) is 2.12. The summed E-state index contributed by atoms with van der Waals surface area (Å²) in [6, 6.07) is 3.06. The summed E-state index contributed by atoms with van der Waals surface area (Å²) in [5.74, 6) is -2.41. The van der Waals surface area contributed by atoms with E-state index in [-0.39, 0.29) is 11.5 Å². The lowest BCUT2D eigenvalue weighted by Gasteiger charge is -2.34. The van der Waals surface area contributed by atoms with Gasteiger partial charge >= 0.3 is 6.09 Å². The normalized spacial score (nSPS) is 15.0. The molecule has 1 fully saturated rings. The van der Waals surface area contributed by atoms with Gasteiger partial charge in [-0.15, -0.1) is 0 Å². The van der Waals surface area contributed by atoms with E-state index >= 15 is 0 Å². The van der Waals surface area contributed by atoms with Crippen LogP contribution >= 0.6 is 0 Å². The summed E-state index contributed by atoms with van der Waals surface area (Å²) < 4.78 is 30.9. The van der Waals surface area contributed by atoms with Gasteiger partial charge in [0.15, 0.2) is 11.6 Å². The van der Waals surface area contributed by atoms with Crippen molar-refractivity contribution >= 4 is 12.0 Å². The van der Waals surface area contributed by atoms with Crippen molar-refractivity contribution in [2.45, 2.75) is 6.92 Å². The van der Waals surface area contributed by atoms with Gasteiger partial charge in [0.25, 0.3) is 5.91 Å². The number of nitrogens with zero attached hydrogens (tertiary/aromatic N) is 2. The number of hydrogen-bond donors (Lipinski definition) is 0. The highest BCUT2D eigenvalue weighted by molar-refractivity contribution is 5.94. The summed E-state index contributed by atoms with van der Waals surface area (Å²) >= 11 is 0. The molecular weight excluding hydrogens is 282 g/mol. The number of ether oxygens (including phenoxy) is 1. The molecule has 5 nitrogen and oxygen atoms in total. The van der Waals surface area contributed by atoms with E-state index < -0.39 is 17.7 Å². The first kappa shape index (κ1) is 15.2. The molecule has 0 saturated carbocycles. The van der Waals surface area contributed by atoms with Crippen LogP contribution in [0.4, 0.5) is 13.6 Å². The van der Waals surface area contributed by atoms with Crippen molar-refractivity contribution in [2.75, 3.05) is 32.8 Å². The first-order valence-corrected chi connectivity index (χ1v) is 6.69. The second-order valence-corrected chi connectivity index (χ2v) is 4.61. The highest BCUT2D eigenvalue weighted by Crippen LogP contribution is 2.13. The molecule has 7 heteroatoms. The second kappa shape index (κ2) is 6.51. The predicted octanol–water partition coefficient (Wildman–Crippen LogP) is 1.88. The molecule has 0 radical (unpaired) electrons. The number of benzene rings is 1. The molecule has 1 aliphatic heterocycles. The maximum absolute atomic E-state index is 13.1. The van der Waals surface area contributed by atoms with Crippen molar-refractivity contribution in [3.63, 3.8) is 0 Å². The Bertz CT molecular complexity index is 543. The largest absolute Gasteiger partial charge is 0.450 e. The zero-order valence-electron chi connectivity index (χ0n) is 11.6. The van der Waals surface area contributed by atoms with Gasteiger partial charge in [-0.25, -0.2) is 13.6 Å². The topological polar surface area (TPSA) is 49.9 Å². The average Bonchev–Trinajstić information content (AvgIpc) is 2.50. The van der Waals surface area contributed by atoms with Crippen LogP contribution in [0.3, 0.4) is 0 Å². The van der Waals surface area contributed by atoms with Crippen molar-refractivity contribution in [3.05, 3.63) is 35.4 Å². The first-order chi connectivity index (χ1) is 10.0. The summed E-state index contributed by atoms with van der Waals surface area (Å²) in [5.41, 5.74) is 0.0958. The molecule has 2 amide bonds. The van der Waals surface area contributed by atoms with Crippen LogP contribution in [0.25, 0.3) is 0 Å². The van der Waals surface area contributed by atoms with Crippen molar-refractivity contribution in [1.29, 1.82) is 0 Å². The van der Waals surface area contributed by atoms with Crippen molar-refractivity contribution in [2.24, 2.45) is 0 Å². The molecule has 1 heterocycles. The SMILES string of the molecule is CCOC(=O)N1CCN(C(=O)c2ccc(F)c(F)c2)CC1. The number of piperazine rings is 1. The monoisotopic (exact) mass is 298 g/mol. The van der Waals surface area contributed by atoms with E-state index in [9.17, 15) is 18.4 Å². The molecule has 0 atom stereocenters. The Balaban J connectivity index is 1.97. The van der Waals surface area contributed by atoms with Gasteiger partial charge in [0.05, 0.1) is 6.61 Å². The predicted molar refractivity (Wildman–Crippen MR) is 70.9 cm³/mol. The molecule has 1 saturated heterocycles. The van der Waals surface area contributed by atoms with E-state index in [0.717, 1.165) is 12.1 Å². The Morgan fingerprint density at radius 2 is 1.71 bits per heavy atom. The molecule has 114 valence electrons. The summed E-state index contributed by atoms with van der Waals surface area (Å²) in [5, 5.41) is 0. The number of rotatable bonds is 2. The fourth-order valence-electron chi connectivity index (χ4n) is 2.12. The Morgan fingerprint density at radius 3 is 2.29 bits per heavy atom. The Labute approximate surface area is 121 Å². The lowest BCUT2D eigenvalue weighted by atomic mass is 10.1. The second-order valence-electron chi connectivity index (χ2n) is 4.61. The van der Waals surface area contributed by atoms with E-state index in [0.29, 0.717) is 32.8 Å². The maximum atomic E-state index is 13.1. The highest BCUT2D eigenvalue weighted by Gasteiger charge is 2.25. The van der Waals surface area contributed by atoms with E-state index in [1.54, 1.807) is 6.92 Å². The summed E-state index contributed by atoms with van der Waals surface area (Å²) in [4.78, 5) is 26.7. The van der Waals surface area contributed by atoms with Gasteiger partial charge in [0.2, 0.25) is 0 Å². The zero-order chi connectivity index (χ0) is 15.4. The number of carbonyl (C=O) groups is 2. The minimum atomic E-state index is -1.05. The minimum absolute atomic E-state index is 0.0958. The van der Waals surface area contributed by atoms with Crippen molar-refractivity contribution in [3.8, 4) is 0 Å². The van der Waals surface area contributed by atoms with Gasteiger partial charge in [-0.3, -0.25) is 4.79 Å². The van der Waals surface area contributed by atoms with Crippen LogP contribution in [0.2, 0.25) is 0 Å². The summed E-state index contributed by atoms with van der Waals surface area (Å²) in [7, 11) is 0. The van der Waals surface area contributed by atoms with Gasteiger partial charge in [-0.2, -0.15) is 0 Å². The Kier molecular flexibility index (Phi) is 4.72. The van der Waals surface area contributed by atoms with Crippen LogP contribution in [-0.4, -0.2) is 54.6 Å². The van der Waals surface area contributed by atoms with Crippen molar-refractivity contribution < 1.29 is 23.1 Å². The van der Waals surface area contributed by atoms with E-state index in [2.05, 4.69) is 0 Å². The van der Waals surface area contributed by atoms with Crippen LogP contribution in [0.15, 0.2) is 18.2 Å². The molecule has 0 spiro atoms. The number of halogens is 2. The minimum Gasteiger partial charge on any atom is -0.450 e. The van der Waals surface area contributed by atoms with Crippen LogP contribution in [0.5, 0.6) is 0 Å². The quantitative estimate of drug-likeness (QED) is 0.837. The standard InChI is InChI=1S/C14H16F2N2O3/c1-2-21-14(20)18-7-5-17(6-8-18)13(19)10-3-4-11(15)12(16)9-10/h3-4,9H,2,5-8H2,1H3. The van der Waals surface area contributed by atoms with Crippen LogP contribution < -0.4 is 0 Å². The van der Waals surface area contributed by atoms with Gasteiger partial charge < -0.3 is 14.5 Å². The Hall–Kier alpha value is -2.18. The third kappa shape index (κ3) is 3.48. The average molecular weight is 298 g/mol. The molecule has 2 rings (SSSR count). The third-order valence-electron chi connectivity index (χ3n) is 3.26. The highest BCUT2D eigenvalue weighted by atomic mass is 19.2. The molecule has 0 aliphatic carbocycles.